The van der Waals surface area contributed by atoms with E-state index in [0.29, 0.717) is 19.7 Å². The molecule has 5 nitrogen and oxygen atoms in total. The number of carboxylic acid groups (broad SMARTS) is 1. The van der Waals surface area contributed by atoms with Gasteiger partial charge in [-0.15, -0.1) is 0 Å². The van der Waals surface area contributed by atoms with Gasteiger partial charge >= 0.3 is 5.97 Å². The highest BCUT2D eigenvalue weighted by molar-refractivity contribution is 5.80. The largest absolute Gasteiger partial charge is 0.481 e. The number of morpholine rings is 1. The van der Waals surface area contributed by atoms with Crippen molar-refractivity contribution in [1.29, 1.82) is 0 Å². The number of hydrogen-bond donors (Lipinski definition) is 1. The second-order valence-corrected chi connectivity index (χ2v) is 4.50. The van der Waals surface area contributed by atoms with Crippen LogP contribution in [0.25, 0.3) is 0 Å². The first-order valence-electron chi connectivity index (χ1n) is 6.33. The van der Waals surface area contributed by atoms with Gasteiger partial charge in [-0.2, -0.15) is 0 Å². The zero-order valence-electron chi connectivity index (χ0n) is 10.6. The molecular formula is C14H17NO4. The minimum Gasteiger partial charge on any atom is -0.481 e. The number of amides is 1. The van der Waals surface area contributed by atoms with E-state index < -0.39 is 5.97 Å². The van der Waals surface area contributed by atoms with E-state index in [1.54, 1.807) is 4.90 Å². The number of hydrogen-bond acceptors (Lipinski definition) is 3. The Morgan fingerprint density at radius 3 is 2.68 bits per heavy atom. The van der Waals surface area contributed by atoms with Crippen LogP contribution in [0.1, 0.15) is 24.5 Å². The fraction of sp³-hybridized carbons (Fsp3) is 0.429. The Labute approximate surface area is 111 Å². The van der Waals surface area contributed by atoms with E-state index >= 15 is 0 Å². The Kier molecular flexibility index (Phi) is 4.52. The van der Waals surface area contributed by atoms with Gasteiger partial charge in [-0.3, -0.25) is 9.59 Å². The van der Waals surface area contributed by atoms with Crippen LogP contribution in [0.4, 0.5) is 0 Å². The molecule has 0 aliphatic carbocycles. The van der Waals surface area contributed by atoms with E-state index in [4.69, 9.17) is 9.84 Å². The third-order valence-corrected chi connectivity index (χ3v) is 3.14. The van der Waals surface area contributed by atoms with E-state index in [-0.39, 0.29) is 24.9 Å². The zero-order chi connectivity index (χ0) is 13.7. The van der Waals surface area contributed by atoms with Crippen molar-refractivity contribution in [1.82, 2.24) is 4.90 Å². The average molecular weight is 263 g/mol. The molecule has 1 heterocycles. The highest BCUT2D eigenvalue weighted by Gasteiger charge is 2.25. The Hall–Kier alpha value is -1.88. The first-order chi connectivity index (χ1) is 9.16. The molecule has 0 unspecified atom stereocenters. The minimum atomic E-state index is -0.943. The second kappa shape index (κ2) is 6.33. The van der Waals surface area contributed by atoms with Crippen molar-refractivity contribution in [2.24, 2.45) is 0 Å². The van der Waals surface area contributed by atoms with Gasteiger partial charge in [0.05, 0.1) is 19.6 Å². The quantitative estimate of drug-likeness (QED) is 0.892. The van der Waals surface area contributed by atoms with Gasteiger partial charge in [0, 0.05) is 13.0 Å². The fourth-order valence-electron chi connectivity index (χ4n) is 2.12. The molecule has 1 N–H and O–H groups in total. The summed E-state index contributed by atoms with van der Waals surface area (Å²) in [5.41, 5.74) is 1.04. The summed E-state index contributed by atoms with van der Waals surface area (Å²) in [4.78, 5) is 24.0. The topological polar surface area (TPSA) is 66.8 Å². The summed E-state index contributed by atoms with van der Waals surface area (Å²) in [6.07, 6.45) is -0.188. The number of carbonyl (C=O) groups excluding carboxylic acids is 1. The smallest absolute Gasteiger partial charge is 0.303 e. The van der Waals surface area contributed by atoms with E-state index in [0.717, 1.165) is 5.56 Å². The molecule has 0 spiro atoms. The molecule has 1 aliphatic rings. The van der Waals surface area contributed by atoms with Gasteiger partial charge in [-0.25, -0.2) is 0 Å². The number of rotatable bonds is 4. The average Bonchev–Trinajstić information content (AvgIpc) is 2.46. The predicted octanol–water partition coefficient (Wildman–Crippen LogP) is 1.45. The highest BCUT2D eigenvalue weighted by Crippen LogP contribution is 2.22. The monoisotopic (exact) mass is 263 g/mol. The van der Waals surface area contributed by atoms with E-state index in [1.807, 2.05) is 30.3 Å². The van der Waals surface area contributed by atoms with E-state index in [1.165, 1.54) is 0 Å². The third kappa shape index (κ3) is 3.79. The van der Waals surface area contributed by atoms with E-state index in [2.05, 4.69) is 0 Å². The molecule has 0 bridgehead atoms. The van der Waals surface area contributed by atoms with Gasteiger partial charge in [0.15, 0.2) is 0 Å². The van der Waals surface area contributed by atoms with Gasteiger partial charge in [-0.1, -0.05) is 30.3 Å². The van der Waals surface area contributed by atoms with Gasteiger partial charge in [0.2, 0.25) is 5.91 Å². The predicted molar refractivity (Wildman–Crippen MR) is 68.6 cm³/mol. The number of carbonyl (C=O) groups is 2. The minimum absolute atomic E-state index is 0.0524. The van der Waals surface area contributed by atoms with Crippen molar-refractivity contribution in [3.05, 3.63) is 35.9 Å². The molecule has 1 saturated heterocycles. The van der Waals surface area contributed by atoms with Crippen molar-refractivity contribution >= 4 is 11.9 Å². The zero-order valence-corrected chi connectivity index (χ0v) is 10.6. The summed E-state index contributed by atoms with van der Waals surface area (Å²) in [6, 6.07) is 9.74. The van der Waals surface area contributed by atoms with Crippen LogP contribution in [0.5, 0.6) is 0 Å². The molecule has 0 aromatic heterocycles. The molecule has 1 aromatic rings. The van der Waals surface area contributed by atoms with Crippen LogP contribution < -0.4 is 0 Å². The first-order valence-corrected chi connectivity index (χ1v) is 6.33. The number of ether oxygens (including phenoxy) is 1. The summed E-state index contributed by atoms with van der Waals surface area (Å²) in [6.45, 7) is 1.50. The molecule has 19 heavy (non-hydrogen) atoms. The molecule has 0 saturated carbocycles. The van der Waals surface area contributed by atoms with Crippen LogP contribution in [0, 0.1) is 0 Å². The number of nitrogens with zero attached hydrogens (tertiary/aromatic N) is 1. The summed E-state index contributed by atoms with van der Waals surface area (Å²) < 4.78 is 5.66. The molecule has 1 fully saturated rings. The number of benzene rings is 1. The lowest BCUT2D eigenvalue weighted by Crippen LogP contribution is -2.42. The standard InChI is InChI=1S/C14H17NO4/c16-13(6-7-14(17)18)15-8-9-19-12(10-15)11-4-2-1-3-5-11/h1-5,12H,6-10H2,(H,17,18)/t12-/m1/s1. The van der Waals surface area contributed by atoms with Gasteiger partial charge in [0.1, 0.15) is 6.10 Å². The van der Waals surface area contributed by atoms with Crippen molar-refractivity contribution in [3.63, 3.8) is 0 Å². The van der Waals surface area contributed by atoms with Crippen molar-refractivity contribution in [2.45, 2.75) is 18.9 Å². The first kappa shape index (κ1) is 13.5. The Balaban J connectivity index is 1.93. The van der Waals surface area contributed by atoms with Crippen LogP contribution in [0.3, 0.4) is 0 Å². The van der Waals surface area contributed by atoms with Crippen LogP contribution in [0.2, 0.25) is 0 Å². The number of carboxylic acids is 1. The maximum absolute atomic E-state index is 11.9. The summed E-state index contributed by atoms with van der Waals surface area (Å²) in [5, 5.41) is 8.60. The third-order valence-electron chi connectivity index (χ3n) is 3.14. The molecular weight excluding hydrogens is 246 g/mol. The van der Waals surface area contributed by atoms with Gasteiger partial charge < -0.3 is 14.7 Å². The summed E-state index contributed by atoms with van der Waals surface area (Å²) in [7, 11) is 0. The molecule has 5 heteroatoms. The lowest BCUT2D eigenvalue weighted by atomic mass is 10.1. The van der Waals surface area contributed by atoms with Crippen LogP contribution in [0.15, 0.2) is 30.3 Å². The van der Waals surface area contributed by atoms with Gasteiger partial charge in [-0.05, 0) is 5.56 Å². The second-order valence-electron chi connectivity index (χ2n) is 4.50. The lowest BCUT2D eigenvalue weighted by Gasteiger charge is -2.33. The van der Waals surface area contributed by atoms with Crippen molar-refractivity contribution < 1.29 is 19.4 Å². The SMILES string of the molecule is O=C(O)CCC(=O)N1CCO[C@@H](c2ccccc2)C1. The van der Waals surface area contributed by atoms with Crippen LogP contribution in [-0.2, 0) is 14.3 Å². The molecule has 2 rings (SSSR count). The molecule has 102 valence electrons. The lowest BCUT2D eigenvalue weighted by molar-refractivity contribution is -0.144. The fourth-order valence-corrected chi connectivity index (χ4v) is 2.12. The van der Waals surface area contributed by atoms with E-state index in [9.17, 15) is 9.59 Å². The number of aliphatic carboxylic acids is 1. The molecule has 1 aliphatic heterocycles. The van der Waals surface area contributed by atoms with Gasteiger partial charge in [0.25, 0.3) is 0 Å². The molecule has 0 radical (unpaired) electrons. The Morgan fingerprint density at radius 2 is 2.00 bits per heavy atom. The molecule has 1 atom stereocenters. The summed E-state index contributed by atoms with van der Waals surface area (Å²) in [5.74, 6) is -1.06. The molecule has 1 amide bonds. The van der Waals surface area contributed by atoms with Crippen molar-refractivity contribution in [2.75, 3.05) is 19.7 Å². The summed E-state index contributed by atoms with van der Waals surface area (Å²) >= 11 is 0. The maximum atomic E-state index is 11.9. The Bertz CT molecular complexity index is 446. The Morgan fingerprint density at radius 1 is 1.26 bits per heavy atom. The molecule has 1 aromatic carbocycles. The van der Waals surface area contributed by atoms with Crippen molar-refractivity contribution in [3.8, 4) is 0 Å². The highest BCUT2D eigenvalue weighted by atomic mass is 16.5. The maximum Gasteiger partial charge on any atom is 0.303 e. The van der Waals surface area contributed by atoms with Crippen LogP contribution >= 0.6 is 0 Å². The van der Waals surface area contributed by atoms with Crippen LogP contribution in [-0.4, -0.2) is 41.6 Å². The normalized spacial score (nSPS) is 19.2.